The van der Waals surface area contributed by atoms with E-state index in [1.807, 2.05) is 36.5 Å². The molecule has 2 atom stereocenters. The highest BCUT2D eigenvalue weighted by atomic mass is 16.5. The molecule has 0 aliphatic carbocycles. The van der Waals surface area contributed by atoms with Crippen molar-refractivity contribution in [2.75, 3.05) is 23.8 Å². The number of hydrogen-bond acceptors (Lipinski definition) is 7. The zero-order valence-corrected chi connectivity index (χ0v) is 15.8. The van der Waals surface area contributed by atoms with E-state index >= 15 is 0 Å². The number of anilines is 3. The van der Waals surface area contributed by atoms with Crippen LogP contribution < -0.4 is 22.1 Å². The van der Waals surface area contributed by atoms with Crippen molar-refractivity contribution in [2.24, 2.45) is 11.5 Å². The van der Waals surface area contributed by atoms with Crippen molar-refractivity contribution in [2.45, 2.75) is 18.5 Å². The minimum absolute atomic E-state index is 0.0478. The molecule has 1 aliphatic heterocycles. The Balaban J connectivity index is 1.60. The van der Waals surface area contributed by atoms with Gasteiger partial charge in [-0.2, -0.15) is 5.10 Å². The van der Waals surface area contributed by atoms with Gasteiger partial charge in [-0.05, 0) is 42.8 Å². The minimum Gasteiger partial charge on any atom is -0.380 e. The summed E-state index contributed by atoms with van der Waals surface area (Å²) < 4.78 is 7.13. The first-order valence-electron chi connectivity index (χ1n) is 9.38. The lowest BCUT2D eigenvalue weighted by Gasteiger charge is -2.30. The fraction of sp³-hybridized carbons (Fsp3) is 0.250. The summed E-state index contributed by atoms with van der Waals surface area (Å²) in [6.07, 6.45) is 4.35. The molecule has 0 spiro atoms. The molecule has 0 radical (unpaired) electrons. The van der Waals surface area contributed by atoms with Crippen LogP contribution in [0.1, 0.15) is 16.8 Å². The zero-order valence-electron chi connectivity index (χ0n) is 15.8. The fourth-order valence-corrected chi connectivity index (χ4v) is 3.25. The number of benzene rings is 1. The van der Waals surface area contributed by atoms with Crippen molar-refractivity contribution in [1.29, 1.82) is 0 Å². The maximum Gasteiger partial charge on any atom is 0.252 e. The Bertz CT molecular complexity index is 990. The molecule has 1 fully saturated rings. The molecule has 150 valence electrons. The van der Waals surface area contributed by atoms with Gasteiger partial charge in [0.1, 0.15) is 11.6 Å². The molecule has 3 aromatic rings. The van der Waals surface area contributed by atoms with Gasteiger partial charge >= 0.3 is 0 Å². The summed E-state index contributed by atoms with van der Waals surface area (Å²) in [5.41, 5.74) is 13.6. The number of primary amides is 1. The third kappa shape index (κ3) is 4.36. The Morgan fingerprint density at radius 2 is 2.14 bits per heavy atom. The van der Waals surface area contributed by atoms with Crippen molar-refractivity contribution >= 4 is 23.2 Å². The predicted molar refractivity (Wildman–Crippen MR) is 110 cm³/mol. The van der Waals surface area contributed by atoms with Gasteiger partial charge in [-0.15, -0.1) is 0 Å². The molecule has 9 nitrogen and oxygen atoms in total. The van der Waals surface area contributed by atoms with Gasteiger partial charge in [-0.3, -0.25) is 4.79 Å². The molecule has 9 heteroatoms. The molecular formula is C20H23N7O2. The number of nitrogens with one attached hydrogen (secondary N) is 2. The van der Waals surface area contributed by atoms with Crippen LogP contribution in [-0.4, -0.2) is 46.0 Å². The number of rotatable bonds is 6. The molecule has 1 amide bonds. The second-order valence-electron chi connectivity index (χ2n) is 6.86. The third-order valence-electron chi connectivity index (χ3n) is 4.77. The minimum atomic E-state index is -0.558. The summed E-state index contributed by atoms with van der Waals surface area (Å²) >= 11 is 0. The Morgan fingerprint density at radius 1 is 1.24 bits per heavy atom. The van der Waals surface area contributed by atoms with E-state index in [9.17, 15) is 4.79 Å². The zero-order chi connectivity index (χ0) is 20.2. The van der Waals surface area contributed by atoms with Gasteiger partial charge in [0.2, 0.25) is 0 Å². The number of nitrogens with two attached hydrogens (primary N) is 2. The first-order valence-corrected chi connectivity index (χ1v) is 9.38. The highest BCUT2D eigenvalue weighted by Crippen LogP contribution is 2.24. The summed E-state index contributed by atoms with van der Waals surface area (Å²) in [5, 5.41) is 10.8. The second kappa shape index (κ2) is 8.29. The highest BCUT2D eigenvalue weighted by molar-refractivity contribution is 5.98. The first-order chi connectivity index (χ1) is 14.1. The molecule has 4 rings (SSSR count). The molecule has 6 N–H and O–H groups in total. The summed E-state index contributed by atoms with van der Waals surface area (Å²) in [6, 6.07) is 12.8. The maximum absolute atomic E-state index is 11.9. The Morgan fingerprint density at radius 3 is 2.90 bits per heavy atom. The Labute approximate surface area is 168 Å². The van der Waals surface area contributed by atoms with Crippen molar-refractivity contribution in [1.82, 2.24) is 14.8 Å². The van der Waals surface area contributed by atoms with E-state index in [0.717, 1.165) is 17.8 Å². The van der Waals surface area contributed by atoms with Crippen LogP contribution >= 0.6 is 0 Å². The summed E-state index contributed by atoms with van der Waals surface area (Å²) in [5.74, 6) is 0.432. The lowest BCUT2D eigenvalue weighted by molar-refractivity contribution is 0.0752. The van der Waals surface area contributed by atoms with Gasteiger partial charge in [0.05, 0.1) is 17.9 Å². The van der Waals surface area contributed by atoms with Crippen LogP contribution in [0.3, 0.4) is 0 Å². The van der Waals surface area contributed by atoms with Crippen LogP contribution in [0, 0.1) is 0 Å². The fourth-order valence-electron chi connectivity index (χ4n) is 3.25. The smallest absolute Gasteiger partial charge is 0.252 e. The number of nitrogens with zero attached hydrogens (tertiary/aromatic N) is 3. The maximum atomic E-state index is 11.9. The van der Waals surface area contributed by atoms with Crippen LogP contribution in [0.4, 0.5) is 17.3 Å². The van der Waals surface area contributed by atoms with Crippen molar-refractivity contribution in [3.05, 3.63) is 60.4 Å². The molecule has 0 bridgehead atoms. The first kappa shape index (κ1) is 18.9. The molecule has 29 heavy (non-hydrogen) atoms. The van der Waals surface area contributed by atoms with E-state index in [1.54, 1.807) is 23.0 Å². The standard InChI is InChI=1S/C20H23N7O2/c21-16-12-29-10-7-17(16)25-18-6-5-15(19(22)28)20(26-18)24-13-3-1-4-14(11-13)27-9-2-8-23-27/h1-6,8-9,11,16-17H,7,10,12,21H2,(H2,22,28)(H2,24,25,26)/t16-,17+/m0/s1. The van der Waals surface area contributed by atoms with Crippen molar-refractivity contribution in [3.63, 3.8) is 0 Å². The average Bonchev–Trinajstić information content (AvgIpc) is 3.25. The monoisotopic (exact) mass is 393 g/mol. The van der Waals surface area contributed by atoms with E-state index in [2.05, 4.69) is 20.7 Å². The third-order valence-corrected chi connectivity index (χ3v) is 4.77. The quantitative estimate of drug-likeness (QED) is 0.500. The van der Waals surface area contributed by atoms with Gasteiger partial charge in [-0.25, -0.2) is 9.67 Å². The molecule has 1 saturated heterocycles. The number of ether oxygens (including phenoxy) is 1. The average molecular weight is 393 g/mol. The van der Waals surface area contributed by atoms with Crippen LogP contribution in [0.15, 0.2) is 54.9 Å². The normalized spacial score (nSPS) is 18.9. The van der Waals surface area contributed by atoms with Gasteiger partial charge < -0.3 is 26.8 Å². The van der Waals surface area contributed by atoms with Gasteiger partial charge in [0, 0.05) is 36.8 Å². The second-order valence-corrected chi connectivity index (χ2v) is 6.86. The van der Waals surface area contributed by atoms with Gasteiger partial charge in [0.15, 0.2) is 0 Å². The van der Waals surface area contributed by atoms with E-state index in [1.165, 1.54) is 0 Å². The van der Waals surface area contributed by atoms with E-state index in [0.29, 0.717) is 30.4 Å². The summed E-state index contributed by atoms with van der Waals surface area (Å²) in [7, 11) is 0. The highest BCUT2D eigenvalue weighted by Gasteiger charge is 2.23. The molecule has 0 unspecified atom stereocenters. The van der Waals surface area contributed by atoms with E-state index in [-0.39, 0.29) is 12.1 Å². The molecular weight excluding hydrogens is 370 g/mol. The number of hydrogen-bond donors (Lipinski definition) is 4. The van der Waals surface area contributed by atoms with Gasteiger partial charge in [-0.1, -0.05) is 6.07 Å². The lowest BCUT2D eigenvalue weighted by Crippen LogP contribution is -2.47. The van der Waals surface area contributed by atoms with Crippen LogP contribution in [-0.2, 0) is 4.74 Å². The lowest BCUT2D eigenvalue weighted by atomic mass is 10.0. The van der Waals surface area contributed by atoms with E-state index in [4.69, 9.17) is 16.2 Å². The van der Waals surface area contributed by atoms with Crippen LogP contribution in [0.5, 0.6) is 0 Å². The van der Waals surface area contributed by atoms with Crippen LogP contribution in [0.2, 0.25) is 0 Å². The van der Waals surface area contributed by atoms with E-state index < -0.39 is 5.91 Å². The molecule has 0 saturated carbocycles. The molecule has 2 aromatic heterocycles. The molecule has 3 heterocycles. The Hall–Kier alpha value is -3.43. The topological polar surface area (TPSA) is 133 Å². The number of amides is 1. The van der Waals surface area contributed by atoms with Crippen LogP contribution in [0.25, 0.3) is 5.69 Å². The molecule has 1 aromatic carbocycles. The predicted octanol–water partition coefficient (Wildman–Crippen LogP) is 1.64. The number of pyridine rings is 1. The summed E-state index contributed by atoms with van der Waals surface area (Å²) in [6.45, 7) is 1.15. The molecule has 1 aliphatic rings. The number of carbonyl (C=O) groups excluding carboxylic acids is 1. The van der Waals surface area contributed by atoms with Crippen molar-refractivity contribution in [3.8, 4) is 5.69 Å². The number of aromatic nitrogens is 3. The summed E-state index contributed by atoms with van der Waals surface area (Å²) in [4.78, 5) is 16.5. The largest absolute Gasteiger partial charge is 0.380 e. The Kier molecular flexibility index (Phi) is 5.41. The van der Waals surface area contributed by atoms with Crippen molar-refractivity contribution < 1.29 is 9.53 Å². The number of carbonyl (C=O) groups is 1. The van der Waals surface area contributed by atoms with Gasteiger partial charge in [0.25, 0.3) is 5.91 Å². The SMILES string of the molecule is NC(=O)c1ccc(N[C@@H]2CCOC[C@@H]2N)nc1Nc1cccc(-n2cccn2)c1.